The zero-order chi connectivity index (χ0) is 17.1. The van der Waals surface area contributed by atoms with Crippen molar-refractivity contribution in [3.05, 3.63) is 59.2 Å². The fourth-order valence-corrected chi connectivity index (χ4v) is 3.13. The number of amides is 1. The first-order valence-electron chi connectivity index (χ1n) is 7.78. The molecule has 1 N–H and O–H groups in total. The van der Waals surface area contributed by atoms with E-state index in [1.165, 1.54) is 0 Å². The highest BCUT2D eigenvalue weighted by Gasteiger charge is 2.12. The molecule has 0 unspecified atom stereocenters. The second kappa shape index (κ2) is 6.82. The van der Waals surface area contributed by atoms with Crippen LogP contribution in [0.4, 0.5) is 5.69 Å². The van der Waals surface area contributed by atoms with Crippen LogP contribution in [0, 0.1) is 0 Å². The largest absolute Gasteiger partial charge is 0.421 e. The Morgan fingerprint density at radius 3 is 2.96 bits per heavy atom. The molecule has 0 radical (unpaired) electrons. The summed E-state index contributed by atoms with van der Waals surface area (Å²) < 4.78 is 5.59. The number of hydrogen-bond acceptors (Lipinski definition) is 6. The fraction of sp³-hybridized carbons (Fsp3) is 0.111. The van der Waals surface area contributed by atoms with E-state index in [0.29, 0.717) is 23.9 Å². The summed E-state index contributed by atoms with van der Waals surface area (Å²) in [5.74, 6) is 0.816. The highest BCUT2D eigenvalue weighted by molar-refractivity contribution is 7.08. The Morgan fingerprint density at radius 2 is 2.08 bits per heavy atom. The molecule has 124 valence electrons. The number of nitrogens with zero attached hydrogens (tertiary/aromatic N) is 3. The van der Waals surface area contributed by atoms with Crippen LogP contribution in [0.15, 0.2) is 57.8 Å². The first kappa shape index (κ1) is 15.5. The predicted molar refractivity (Wildman–Crippen MR) is 96.3 cm³/mol. The van der Waals surface area contributed by atoms with Gasteiger partial charge in [0.25, 0.3) is 0 Å². The van der Waals surface area contributed by atoms with Gasteiger partial charge < -0.3 is 9.73 Å². The molecule has 0 saturated heterocycles. The standard InChI is InChI=1S/C18H14N4O2S/c23-15(20-14-5-1-3-12-4-2-9-19-17(12)14)6-7-16-21-22-18(24-16)13-8-10-25-11-13/h1-5,8-11H,6-7H2,(H,20,23). The van der Waals surface area contributed by atoms with Crippen LogP contribution in [0.3, 0.4) is 0 Å². The second-order valence-electron chi connectivity index (χ2n) is 5.44. The van der Waals surface area contributed by atoms with Gasteiger partial charge in [0.15, 0.2) is 0 Å². The summed E-state index contributed by atoms with van der Waals surface area (Å²) in [5, 5.41) is 15.8. The van der Waals surface area contributed by atoms with Crippen molar-refractivity contribution in [2.45, 2.75) is 12.8 Å². The van der Waals surface area contributed by atoms with Gasteiger partial charge in [-0.25, -0.2) is 0 Å². The van der Waals surface area contributed by atoms with Crippen molar-refractivity contribution >= 4 is 33.8 Å². The van der Waals surface area contributed by atoms with Gasteiger partial charge in [-0.15, -0.1) is 10.2 Å². The van der Waals surface area contributed by atoms with Gasteiger partial charge in [-0.05, 0) is 23.6 Å². The maximum absolute atomic E-state index is 12.2. The molecule has 0 aliphatic carbocycles. The molecule has 6 nitrogen and oxygen atoms in total. The van der Waals surface area contributed by atoms with Gasteiger partial charge in [-0.2, -0.15) is 11.3 Å². The van der Waals surface area contributed by atoms with Crippen LogP contribution in [0.25, 0.3) is 22.4 Å². The Hall–Kier alpha value is -3.06. The summed E-state index contributed by atoms with van der Waals surface area (Å²) in [6.45, 7) is 0. The number of benzene rings is 1. The van der Waals surface area contributed by atoms with E-state index in [2.05, 4.69) is 20.5 Å². The van der Waals surface area contributed by atoms with Crippen molar-refractivity contribution in [3.63, 3.8) is 0 Å². The van der Waals surface area contributed by atoms with Gasteiger partial charge >= 0.3 is 0 Å². The molecular formula is C18H14N4O2S. The monoisotopic (exact) mass is 350 g/mol. The minimum Gasteiger partial charge on any atom is -0.421 e. The Bertz CT molecular complexity index is 1010. The molecule has 7 heteroatoms. The molecule has 3 aromatic heterocycles. The number of thiophene rings is 1. The van der Waals surface area contributed by atoms with Crippen molar-refractivity contribution < 1.29 is 9.21 Å². The number of para-hydroxylation sites is 1. The lowest BCUT2D eigenvalue weighted by molar-refractivity contribution is -0.116. The average Bonchev–Trinajstić information content (AvgIpc) is 3.32. The van der Waals surface area contributed by atoms with E-state index in [4.69, 9.17) is 4.42 Å². The Labute approximate surface area is 147 Å². The third kappa shape index (κ3) is 3.41. The van der Waals surface area contributed by atoms with E-state index >= 15 is 0 Å². The third-order valence-electron chi connectivity index (χ3n) is 3.71. The second-order valence-corrected chi connectivity index (χ2v) is 6.22. The molecule has 1 aromatic carbocycles. The van der Waals surface area contributed by atoms with Gasteiger partial charge in [0.1, 0.15) is 0 Å². The SMILES string of the molecule is O=C(CCc1nnc(-c2ccsc2)o1)Nc1cccc2cccnc12. The van der Waals surface area contributed by atoms with E-state index < -0.39 is 0 Å². The lowest BCUT2D eigenvalue weighted by atomic mass is 10.2. The van der Waals surface area contributed by atoms with Crippen LogP contribution in [0.1, 0.15) is 12.3 Å². The third-order valence-corrected chi connectivity index (χ3v) is 4.39. The molecule has 1 amide bonds. The van der Waals surface area contributed by atoms with Crippen molar-refractivity contribution in [2.24, 2.45) is 0 Å². The molecule has 0 fully saturated rings. The molecule has 3 heterocycles. The highest BCUT2D eigenvalue weighted by atomic mass is 32.1. The number of aryl methyl sites for hydroxylation is 1. The first-order valence-corrected chi connectivity index (χ1v) is 8.72. The van der Waals surface area contributed by atoms with Gasteiger partial charge in [-0.1, -0.05) is 18.2 Å². The number of carbonyl (C=O) groups is 1. The number of rotatable bonds is 5. The highest BCUT2D eigenvalue weighted by Crippen LogP contribution is 2.22. The van der Waals surface area contributed by atoms with Gasteiger partial charge in [-0.3, -0.25) is 9.78 Å². The number of aromatic nitrogens is 3. The maximum Gasteiger partial charge on any atom is 0.248 e. The van der Waals surface area contributed by atoms with Crippen LogP contribution in [-0.2, 0) is 11.2 Å². The van der Waals surface area contributed by atoms with Crippen LogP contribution >= 0.6 is 11.3 Å². The van der Waals surface area contributed by atoms with Crippen molar-refractivity contribution in [2.75, 3.05) is 5.32 Å². The number of anilines is 1. The summed E-state index contributed by atoms with van der Waals surface area (Å²) in [6.07, 6.45) is 2.36. The molecule has 0 bridgehead atoms. The van der Waals surface area contributed by atoms with Crippen molar-refractivity contribution in [1.82, 2.24) is 15.2 Å². The van der Waals surface area contributed by atoms with Gasteiger partial charge in [0.05, 0.1) is 11.2 Å². The summed E-state index contributed by atoms with van der Waals surface area (Å²) >= 11 is 1.57. The van der Waals surface area contributed by atoms with Crippen molar-refractivity contribution in [3.8, 4) is 11.5 Å². The Morgan fingerprint density at radius 1 is 1.16 bits per heavy atom. The summed E-state index contributed by atoms with van der Waals surface area (Å²) in [6, 6.07) is 11.4. The van der Waals surface area contributed by atoms with E-state index in [-0.39, 0.29) is 12.3 Å². The number of pyridine rings is 1. The van der Waals surface area contributed by atoms with Crippen LogP contribution in [0.2, 0.25) is 0 Å². The normalized spacial score (nSPS) is 10.9. The molecule has 0 saturated carbocycles. The van der Waals surface area contributed by atoms with Gasteiger partial charge in [0, 0.05) is 35.4 Å². The van der Waals surface area contributed by atoms with Crippen LogP contribution in [-0.4, -0.2) is 21.1 Å². The van der Waals surface area contributed by atoms with Crippen LogP contribution < -0.4 is 5.32 Å². The predicted octanol–water partition coefficient (Wildman–Crippen LogP) is 3.92. The summed E-state index contributed by atoms with van der Waals surface area (Å²) in [7, 11) is 0. The Kier molecular flexibility index (Phi) is 4.22. The number of carbonyl (C=O) groups excluding carboxylic acids is 1. The smallest absolute Gasteiger partial charge is 0.248 e. The first-order chi connectivity index (χ1) is 12.3. The van der Waals surface area contributed by atoms with E-state index in [0.717, 1.165) is 16.5 Å². The molecule has 4 rings (SSSR count). The molecule has 0 aliphatic rings. The topological polar surface area (TPSA) is 80.9 Å². The number of fused-ring (bicyclic) bond motifs is 1. The molecule has 0 atom stereocenters. The molecule has 0 spiro atoms. The van der Waals surface area contributed by atoms with E-state index in [1.54, 1.807) is 17.5 Å². The van der Waals surface area contributed by atoms with Gasteiger partial charge in [0.2, 0.25) is 17.7 Å². The molecule has 4 aromatic rings. The molecular weight excluding hydrogens is 336 g/mol. The zero-order valence-corrected chi connectivity index (χ0v) is 14.0. The average molecular weight is 350 g/mol. The number of nitrogens with one attached hydrogen (secondary N) is 1. The quantitative estimate of drug-likeness (QED) is 0.590. The summed E-state index contributed by atoms with van der Waals surface area (Å²) in [4.78, 5) is 16.6. The Balaban J connectivity index is 1.41. The maximum atomic E-state index is 12.2. The van der Waals surface area contributed by atoms with E-state index in [9.17, 15) is 4.79 Å². The van der Waals surface area contributed by atoms with Crippen LogP contribution in [0.5, 0.6) is 0 Å². The molecule has 0 aliphatic heterocycles. The lowest BCUT2D eigenvalue weighted by Gasteiger charge is -2.07. The minimum atomic E-state index is -0.117. The summed E-state index contributed by atoms with van der Waals surface area (Å²) in [5.41, 5.74) is 2.37. The fourth-order valence-electron chi connectivity index (χ4n) is 2.50. The minimum absolute atomic E-state index is 0.117. The molecule has 25 heavy (non-hydrogen) atoms. The van der Waals surface area contributed by atoms with Crippen molar-refractivity contribution in [1.29, 1.82) is 0 Å². The number of hydrogen-bond donors (Lipinski definition) is 1. The zero-order valence-electron chi connectivity index (χ0n) is 13.2. The van der Waals surface area contributed by atoms with E-state index in [1.807, 2.05) is 47.2 Å². The lowest BCUT2D eigenvalue weighted by Crippen LogP contribution is -2.13.